The third kappa shape index (κ3) is 3.70. The van der Waals surface area contributed by atoms with Gasteiger partial charge in [-0.3, -0.25) is 14.5 Å². The number of halogens is 1. The Hall–Kier alpha value is -3.44. The van der Waals surface area contributed by atoms with Crippen LogP contribution >= 0.6 is 11.6 Å². The number of hydrogen-bond acceptors (Lipinski definition) is 3. The number of carbonyl (C=O) groups is 3. The van der Waals surface area contributed by atoms with Gasteiger partial charge < -0.3 is 5.11 Å². The Morgan fingerprint density at radius 2 is 1.76 bits per heavy atom. The number of benzene rings is 3. The molecule has 0 fully saturated rings. The van der Waals surface area contributed by atoms with Crippen LogP contribution < -0.4 is 4.90 Å². The minimum absolute atomic E-state index is 0.0362. The van der Waals surface area contributed by atoms with Crippen LogP contribution in [0.25, 0.3) is 10.8 Å². The Labute approximate surface area is 202 Å². The predicted molar refractivity (Wildman–Crippen MR) is 132 cm³/mol. The second-order valence-corrected chi connectivity index (χ2v) is 10.2. The molecule has 1 aliphatic carbocycles. The summed E-state index contributed by atoms with van der Waals surface area (Å²) in [4.78, 5) is 40.4. The number of nitrogens with zero attached hydrogens (tertiary/aromatic N) is 1. The van der Waals surface area contributed by atoms with Gasteiger partial charge in [0.05, 0.1) is 10.6 Å². The molecule has 0 saturated heterocycles. The number of anilines is 1. The number of carbonyl (C=O) groups excluding carboxylic acids is 2. The molecule has 1 N–H and O–H groups in total. The molecule has 172 valence electrons. The molecule has 5 rings (SSSR count). The van der Waals surface area contributed by atoms with E-state index in [1.165, 1.54) is 12.1 Å². The van der Waals surface area contributed by atoms with Crippen LogP contribution in [0.15, 0.2) is 71.9 Å². The summed E-state index contributed by atoms with van der Waals surface area (Å²) in [6.45, 7) is 4.03. The van der Waals surface area contributed by atoms with Crippen molar-refractivity contribution in [1.82, 2.24) is 0 Å². The zero-order valence-corrected chi connectivity index (χ0v) is 19.7. The summed E-state index contributed by atoms with van der Waals surface area (Å²) in [5, 5.41) is 11.7. The average molecular weight is 474 g/mol. The van der Waals surface area contributed by atoms with Gasteiger partial charge in [-0.05, 0) is 46.4 Å². The van der Waals surface area contributed by atoms with Crippen molar-refractivity contribution in [2.45, 2.75) is 39.0 Å². The van der Waals surface area contributed by atoms with E-state index in [4.69, 9.17) is 11.6 Å². The van der Waals surface area contributed by atoms with Crippen LogP contribution in [0.1, 0.15) is 54.9 Å². The summed E-state index contributed by atoms with van der Waals surface area (Å²) in [7, 11) is 0. The molecule has 34 heavy (non-hydrogen) atoms. The predicted octanol–water partition coefficient (Wildman–Crippen LogP) is 6.36. The van der Waals surface area contributed by atoms with Crippen LogP contribution in [0.2, 0.25) is 5.02 Å². The summed E-state index contributed by atoms with van der Waals surface area (Å²) < 4.78 is 0. The van der Waals surface area contributed by atoms with Crippen molar-refractivity contribution in [3.63, 3.8) is 0 Å². The van der Waals surface area contributed by atoms with E-state index in [0.717, 1.165) is 16.3 Å². The lowest BCUT2D eigenvalue weighted by Gasteiger charge is -2.43. The van der Waals surface area contributed by atoms with Gasteiger partial charge in [-0.25, -0.2) is 4.79 Å². The van der Waals surface area contributed by atoms with Gasteiger partial charge in [0.1, 0.15) is 0 Å². The molecule has 0 aromatic heterocycles. The molecule has 0 spiro atoms. The molecule has 1 amide bonds. The Morgan fingerprint density at radius 3 is 2.53 bits per heavy atom. The van der Waals surface area contributed by atoms with Crippen molar-refractivity contribution < 1.29 is 19.5 Å². The highest BCUT2D eigenvalue weighted by molar-refractivity contribution is 6.33. The van der Waals surface area contributed by atoms with E-state index in [2.05, 4.69) is 0 Å². The minimum atomic E-state index is -1.17. The number of carboxylic acid groups (broad SMARTS) is 1. The van der Waals surface area contributed by atoms with Crippen LogP contribution in [0.5, 0.6) is 0 Å². The van der Waals surface area contributed by atoms with Gasteiger partial charge in [-0.1, -0.05) is 67.9 Å². The van der Waals surface area contributed by atoms with Crippen molar-refractivity contribution >= 4 is 45.7 Å². The van der Waals surface area contributed by atoms with Crippen molar-refractivity contribution in [2.75, 3.05) is 4.90 Å². The van der Waals surface area contributed by atoms with Gasteiger partial charge in [-0.15, -0.1) is 0 Å². The van der Waals surface area contributed by atoms with Gasteiger partial charge in [0.2, 0.25) is 5.91 Å². The molecule has 2 aliphatic rings. The number of hydrogen-bond donors (Lipinski definition) is 1. The second-order valence-electron chi connectivity index (χ2n) is 9.82. The number of ketones is 1. The fraction of sp³-hybridized carbons (Fsp3) is 0.250. The molecule has 0 bridgehead atoms. The van der Waals surface area contributed by atoms with Crippen LogP contribution in [0.3, 0.4) is 0 Å². The van der Waals surface area contributed by atoms with E-state index in [0.29, 0.717) is 29.8 Å². The van der Waals surface area contributed by atoms with E-state index < -0.39 is 5.97 Å². The Balaban J connectivity index is 1.73. The number of amides is 1. The quantitative estimate of drug-likeness (QED) is 0.480. The van der Waals surface area contributed by atoms with Gasteiger partial charge >= 0.3 is 5.97 Å². The summed E-state index contributed by atoms with van der Waals surface area (Å²) in [6, 6.07) is 18.5. The van der Waals surface area contributed by atoms with E-state index in [9.17, 15) is 19.5 Å². The van der Waals surface area contributed by atoms with Gasteiger partial charge in [0, 0.05) is 35.7 Å². The fourth-order valence-corrected chi connectivity index (χ4v) is 5.55. The third-order valence-corrected chi connectivity index (χ3v) is 7.11. The van der Waals surface area contributed by atoms with Crippen LogP contribution in [-0.4, -0.2) is 22.8 Å². The zero-order valence-electron chi connectivity index (χ0n) is 19.0. The molecule has 0 radical (unpaired) electrons. The fourth-order valence-electron chi connectivity index (χ4n) is 5.35. The van der Waals surface area contributed by atoms with Crippen LogP contribution in [0.4, 0.5) is 5.69 Å². The van der Waals surface area contributed by atoms with E-state index in [1.807, 2.05) is 56.3 Å². The normalized spacial score (nSPS) is 20.0. The summed E-state index contributed by atoms with van der Waals surface area (Å²) in [5.74, 6) is -1.64. The lowest BCUT2D eigenvalue weighted by atomic mass is 9.69. The molecular weight excluding hydrogens is 450 g/mol. The standard InChI is InChI=1S/C28H24ClNO4/c1-28(2)14-23-26(24(31)15-28)20(19-9-5-7-16-6-3-4-8-18(16)19)13-25(32)30(23)17-10-11-22(29)21(12-17)27(33)34/h3-12,20H,13-15H2,1-2H3,(H,33,34). The molecule has 5 nitrogen and oxygen atoms in total. The molecule has 6 heteroatoms. The lowest BCUT2D eigenvalue weighted by Crippen LogP contribution is -2.43. The number of Topliss-reactive ketones (excluding diaryl/α,β-unsaturated/α-hetero) is 1. The van der Waals surface area contributed by atoms with E-state index in [-0.39, 0.29) is 40.0 Å². The first-order valence-electron chi connectivity index (χ1n) is 11.3. The van der Waals surface area contributed by atoms with E-state index in [1.54, 1.807) is 11.0 Å². The Morgan fingerprint density at radius 1 is 1.03 bits per heavy atom. The smallest absolute Gasteiger partial charge is 0.337 e. The highest BCUT2D eigenvalue weighted by Gasteiger charge is 2.44. The SMILES string of the molecule is CC1(C)CC(=O)C2=C(C1)N(c1ccc(Cl)c(C(=O)O)c1)C(=O)CC2c1cccc2ccccc12. The topological polar surface area (TPSA) is 74.7 Å². The first-order valence-corrected chi connectivity index (χ1v) is 11.6. The summed E-state index contributed by atoms with van der Waals surface area (Å²) >= 11 is 6.08. The van der Waals surface area contributed by atoms with Crippen LogP contribution in [0, 0.1) is 5.41 Å². The molecular formula is C28H24ClNO4. The van der Waals surface area contributed by atoms with Crippen molar-refractivity contribution in [2.24, 2.45) is 5.41 Å². The van der Waals surface area contributed by atoms with Gasteiger partial charge in [-0.2, -0.15) is 0 Å². The number of carboxylic acids is 1. The maximum Gasteiger partial charge on any atom is 0.337 e. The highest BCUT2D eigenvalue weighted by atomic mass is 35.5. The number of allylic oxidation sites excluding steroid dienone is 2. The van der Waals surface area contributed by atoms with Crippen molar-refractivity contribution in [1.29, 1.82) is 0 Å². The number of aromatic carboxylic acids is 1. The second kappa shape index (κ2) is 8.10. The first-order chi connectivity index (χ1) is 16.2. The maximum absolute atomic E-state index is 13.7. The molecule has 0 saturated carbocycles. The first kappa shape index (κ1) is 22.4. The lowest BCUT2D eigenvalue weighted by molar-refractivity contribution is -0.121. The maximum atomic E-state index is 13.7. The van der Waals surface area contributed by atoms with Crippen molar-refractivity contribution in [3.05, 3.63) is 88.1 Å². The van der Waals surface area contributed by atoms with Crippen molar-refractivity contribution in [3.8, 4) is 0 Å². The monoisotopic (exact) mass is 473 g/mol. The highest BCUT2D eigenvalue weighted by Crippen LogP contribution is 2.49. The van der Waals surface area contributed by atoms with Gasteiger partial charge in [0.15, 0.2) is 5.78 Å². The molecule has 1 atom stereocenters. The minimum Gasteiger partial charge on any atom is -0.478 e. The molecule has 1 aliphatic heterocycles. The average Bonchev–Trinajstić information content (AvgIpc) is 2.77. The van der Waals surface area contributed by atoms with Gasteiger partial charge in [0.25, 0.3) is 0 Å². The number of fused-ring (bicyclic) bond motifs is 1. The largest absolute Gasteiger partial charge is 0.478 e. The number of rotatable bonds is 3. The molecule has 3 aromatic carbocycles. The molecule has 1 heterocycles. The summed E-state index contributed by atoms with van der Waals surface area (Å²) in [5.41, 5.74) is 2.30. The van der Waals surface area contributed by atoms with E-state index >= 15 is 0 Å². The Kier molecular flexibility index (Phi) is 5.33. The summed E-state index contributed by atoms with van der Waals surface area (Å²) in [6.07, 6.45) is 1.06. The zero-order chi connectivity index (χ0) is 24.2. The Bertz CT molecular complexity index is 1400. The van der Waals surface area contributed by atoms with Crippen LogP contribution in [-0.2, 0) is 9.59 Å². The third-order valence-electron chi connectivity index (χ3n) is 6.78. The molecule has 1 unspecified atom stereocenters. The molecule has 3 aromatic rings.